The van der Waals surface area contributed by atoms with Crippen LogP contribution in [0, 0.1) is 0 Å². The average molecular weight is 467 g/mol. The Bertz CT molecular complexity index is 1040. The third-order valence-electron chi connectivity index (χ3n) is 5.34. The summed E-state index contributed by atoms with van der Waals surface area (Å²) < 4.78 is 11.5. The first-order chi connectivity index (χ1) is 16.6. The molecule has 0 fully saturated rings. The zero-order valence-electron chi connectivity index (χ0n) is 19.2. The summed E-state index contributed by atoms with van der Waals surface area (Å²) in [5, 5.41) is 12.6. The Kier molecular flexibility index (Phi) is 9.28. The molecule has 0 saturated carbocycles. The molecule has 3 rings (SSSR count). The van der Waals surface area contributed by atoms with Crippen LogP contribution in [0.1, 0.15) is 37.3 Å². The topological polar surface area (TPSA) is 141 Å². The molecule has 0 saturated heterocycles. The number of azide groups is 1. The number of nitrogens with zero attached hydrogens (tertiary/aromatic N) is 4. The van der Waals surface area contributed by atoms with Crippen LogP contribution in [0.15, 0.2) is 58.6 Å². The third-order valence-corrected chi connectivity index (χ3v) is 5.34. The Morgan fingerprint density at radius 3 is 2.79 bits per heavy atom. The molecule has 0 aliphatic carbocycles. The van der Waals surface area contributed by atoms with Gasteiger partial charge in [-0.15, -0.1) is 0 Å². The Morgan fingerprint density at radius 1 is 1.26 bits per heavy atom. The number of aliphatic hydroxyl groups excluding tert-OH is 1. The van der Waals surface area contributed by atoms with E-state index in [1.807, 2.05) is 24.3 Å². The maximum absolute atomic E-state index is 13.3. The number of hydrogen-bond acceptors (Lipinski definition) is 7. The molecule has 0 radical (unpaired) electrons. The number of ether oxygens (including phenoxy) is 2. The van der Waals surface area contributed by atoms with Crippen LogP contribution in [0.4, 0.5) is 5.69 Å². The standard InChI is InChI=1S/C24H30N6O4/c1-2-3-13-26-29-23(32)24(16-19-7-4-5-8-21(19)28-30-25)17-34-22(27-24)18-9-11-20(12-10-18)33-15-6-14-31/h4-5,7-12,26,31H,2-3,6,13-17H2,1H3,(H,29,32)/t24-/m0/s1. The van der Waals surface area contributed by atoms with Crippen molar-refractivity contribution in [1.82, 2.24) is 10.9 Å². The van der Waals surface area contributed by atoms with Crippen molar-refractivity contribution >= 4 is 17.5 Å². The maximum atomic E-state index is 13.3. The van der Waals surface area contributed by atoms with E-state index < -0.39 is 5.54 Å². The van der Waals surface area contributed by atoms with Gasteiger partial charge in [0.15, 0.2) is 5.54 Å². The van der Waals surface area contributed by atoms with E-state index in [9.17, 15) is 4.79 Å². The van der Waals surface area contributed by atoms with E-state index in [4.69, 9.17) is 25.1 Å². The van der Waals surface area contributed by atoms with Crippen LogP contribution >= 0.6 is 0 Å². The number of hydrazine groups is 1. The van der Waals surface area contributed by atoms with Crippen molar-refractivity contribution in [2.24, 2.45) is 10.1 Å². The molecule has 3 N–H and O–H groups in total. The summed E-state index contributed by atoms with van der Waals surface area (Å²) in [5.41, 5.74) is 15.3. The van der Waals surface area contributed by atoms with E-state index in [1.54, 1.807) is 24.3 Å². The number of benzene rings is 2. The molecular weight excluding hydrogens is 436 g/mol. The fourth-order valence-corrected chi connectivity index (χ4v) is 3.48. The summed E-state index contributed by atoms with van der Waals surface area (Å²) in [6, 6.07) is 14.3. The highest BCUT2D eigenvalue weighted by Crippen LogP contribution is 2.31. The minimum Gasteiger partial charge on any atom is -0.494 e. The molecule has 1 aliphatic heterocycles. The van der Waals surface area contributed by atoms with Gasteiger partial charge in [-0.25, -0.2) is 10.4 Å². The summed E-state index contributed by atoms with van der Waals surface area (Å²) in [6.07, 6.45) is 2.68. The molecule has 34 heavy (non-hydrogen) atoms. The lowest BCUT2D eigenvalue weighted by Gasteiger charge is -2.24. The highest BCUT2D eigenvalue weighted by molar-refractivity contribution is 6.00. The minimum atomic E-state index is -1.23. The largest absolute Gasteiger partial charge is 0.494 e. The smallest absolute Gasteiger partial charge is 0.266 e. The molecule has 1 amide bonds. The van der Waals surface area contributed by atoms with E-state index in [0.717, 1.165) is 12.8 Å². The number of carbonyl (C=O) groups is 1. The van der Waals surface area contributed by atoms with E-state index >= 15 is 0 Å². The van der Waals surface area contributed by atoms with Gasteiger partial charge in [-0.3, -0.25) is 10.2 Å². The maximum Gasteiger partial charge on any atom is 0.266 e. The number of carbonyl (C=O) groups excluding carboxylic acids is 1. The van der Waals surface area contributed by atoms with Gasteiger partial charge in [0, 0.05) is 42.2 Å². The number of amides is 1. The summed E-state index contributed by atoms with van der Waals surface area (Å²) >= 11 is 0. The van der Waals surface area contributed by atoms with Crippen LogP contribution in [0.2, 0.25) is 0 Å². The molecule has 0 unspecified atom stereocenters. The first-order valence-electron chi connectivity index (χ1n) is 11.3. The van der Waals surface area contributed by atoms with Crippen LogP contribution in [-0.2, 0) is 16.0 Å². The Balaban J connectivity index is 1.85. The molecule has 2 aromatic carbocycles. The van der Waals surface area contributed by atoms with Gasteiger partial charge in [0.25, 0.3) is 5.91 Å². The van der Waals surface area contributed by atoms with Gasteiger partial charge in [0.1, 0.15) is 12.4 Å². The van der Waals surface area contributed by atoms with Gasteiger partial charge in [-0.05, 0) is 41.8 Å². The van der Waals surface area contributed by atoms with E-state index in [-0.39, 0.29) is 25.5 Å². The fraction of sp³-hybridized carbons (Fsp3) is 0.417. The van der Waals surface area contributed by atoms with Gasteiger partial charge in [-0.1, -0.05) is 42.7 Å². The lowest BCUT2D eigenvalue weighted by atomic mass is 9.91. The number of hydrogen-bond donors (Lipinski definition) is 3. The predicted molar refractivity (Wildman–Crippen MR) is 129 cm³/mol. The summed E-state index contributed by atoms with van der Waals surface area (Å²) in [4.78, 5) is 20.9. The number of unbranched alkanes of at least 4 members (excludes halogenated alkanes) is 1. The number of rotatable bonds is 13. The monoisotopic (exact) mass is 466 g/mol. The van der Waals surface area contributed by atoms with Crippen molar-refractivity contribution in [3.63, 3.8) is 0 Å². The summed E-state index contributed by atoms with van der Waals surface area (Å²) in [5.74, 6) is 0.702. The van der Waals surface area contributed by atoms with Gasteiger partial charge in [0.05, 0.1) is 6.61 Å². The van der Waals surface area contributed by atoms with Crippen LogP contribution in [-0.4, -0.2) is 48.8 Å². The number of aliphatic hydroxyl groups is 1. The minimum absolute atomic E-state index is 0.0446. The van der Waals surface area contributed by atoms with Crippen molar-refractivity contribution in [2.75, 3.05) is 26.4 Å². The highest BCUT2D eigenvalue weighted by atomic mass is 16.5. The van der Waals surface area contributed by atoms with Gasteiger partial charge in [0.2, 0.25) is 5.90 Å². The molecular formula is C24H30N6O4. The SMILES string of the molecule is CCCCNNC(=O)[C@]1(Cc2ccccc2N=[N+]=[N-])COC(c2ccc(OCCCO)cc2)=N1. The van der Waals surface area contributed by atoms with Crippen molar-refractivity contribution < 1.29 is 19.4 Å². The quantitative estimate of drug-likeness (QED) is 0.136. The van der Waals surface area contributed by atoms with Crippen molar-refractivity contribution in [3.8, 4) is 5.75 Å². The number of aliphatic imine (C=N–C) groups is 1. The van der Waals surface area contributed by atoms with Gasteiger partial charge < -0.3 is 14.6 Å². The molecule has 180 valence electrons. The molecule has 0 spiro atoms. The highest BCUT2D eigenvalue weighted by Gasteiger charge is 2.45. The lowest BCUT2D eigenvalue weighted by molar-refractivity contribution is -0.127. The molecule has 2 aromatic rings. The average Bonchev–Trinajstić information content (AvgIpc) is 3.29. The van der Waals surface area contributed by atoms with Crippen LogP contribution in [0.5, 0.6) is 5.75 Å². The van der Waals surface area contributed by atoms with Crippen molar-refractivity contribution in [1.29, 1.82) is 0 Å². The van der Waals surface area contributed by atoms with E-state index in [2.05, 4.69) is 27.8 Å². The van der Waals surface area contributed by atoms with Crippen molar-refractivity contribution in [3.05, 3.63) is 70.1 Å². The second kappa shape index (κ2) is 12.6. The summed E-state index contributed by atoms with van der Waals surface area (Å²) in [7, 11) is 0. The molecule has 10 heteroatoms. The molecule has 0 aromatic heterocycles. The molecule has 1 heterocycles. The molecule has 1 aliphatic rings. The number of nitrogens with one attached hydrogen (secondary N) is 2. The van der Waals surface area contributed by atoms with E-state index in [0.29, 0.717) is 48.0 Å². The molecule has 0 bridgehead atoms. The van der Waals surface area contributed by atoms with Gasteiger partial charge in [-0.2, -0.15) is 0 Å². The Hall–Kier alpha value is -3.59. The first kappa shape index (κ1) is 25.0. The molecule has 10 nitrogen and oxygen atoms in total. The second-order valence-electron chi connectivity index (χ2n) is 7.92. The Labute approximate surface area is 198 Å². The zero-order chi connectivity index (χ0) is 24.2. The normalized spacial score (nSPS) is 16.8. The van der Waals surface area contributed by atoms with Crippen LogP contribution in [0.25, 0.3) is 10.4 Å². The summed E-state index contributed by atoms with van der Waals surface area (Å²) in [6.45, 7) is 3.25. The second-order valence-corrected chi connectivity index (χ2v) is 7.92. The fourth-order valence-electron chi connectivity index (χ4n) is 3.48. The van der Waals surface area contributed by atoms with Crippen LogP contribution < -0.4 is 15.6 Å². The zero-order valence-corrected chi connectivity index (χ0v) is 19.2. The van der Waals surface area contributed by atoms with E-state index in [1.165, 1.54) is 0 Å². The predicted octanol–water partition coefficient (Wildman–Crippen LogP) is 3.57. The van der Waals surface area contributed by atoms with Crippen molar-refractivity contribution in [2.45, 2.75) is 38.1 Å². The van der Waals surface area contributed by atoms with Crippen LogP contribution in [0.3, 0.4) is 0 Å². The lowest BCUT2D eigenvalue weighted by Crippen LogP contribution is -2.53. The molecule has 1 atom stereocenters. The van der Waals surface area contributed by atoms with Gasteiger partial charge >= 0.3 is 0 Å². The third kappa shape index (κ3) is 6.48. The Morgan fingerprint density at radius 2 is 2.06 bits per heavy atom. The first-order valence-corrected chi connectivity index (χ1v) is 11.3.